The molecule has 0 saturated carbocycles. The first-order valence-corrected chi connectivity index (χ1v) is 6.24. The first-order valence-electron chi connectivity index (χ1n) is 6.24. The van der Waals surface area contributed by atoms with Crippen molar-refractivity contribution in [2.45, 2.75) is 20.5 Å². The summed E-state index contributed by atoms with van der Waals surface area (Å²) in [5, 5.41) is 17.8. The van der Waals surface area contributed by atoms with Gasteiger partial charge in [0.15, 0.2) is 17.4 Å². The fourth-order valence-corrected chi connectivity index (χ4v) is 2.08. The molecule has 108 valence electrons. The molecule has 1 N–H and O–H groups in total. The highest BCUT2D eigenvalue weighted by Crippen LogP contribution is 2.33. The molecule has 0 aliphatic heterocycles. The summed E-state index contributed by atoms with van der Waals surface area (Å²) in [5.41, 5.74) is 1.80. The van der Waals surface area contributed by atoms with Gasteiger partial charge in [-0.3, -0.25) is 0 Å². The van der Waals surface area contributed by atoms with Gasteiger partial charge in [-0.2, -0.15) is 5.26 Å². The van der Waals surface area contributed by atoms with Crippen LogP contribution in [-0.2, 0) is 6.61 Å². The van der Waals surface area contributed by atoms with E-state index >= 15 is 0 Å². The quantitative estimate of drug-likeness (QED) is 0.936. The van der Waals surface area contributed by atoms with E-state index in [1.54, 1.807) is 26.0 Å². The Hall–Kier alpha value is -2.45. The van der Waals surface area contributed by atoms with Gasteiger partial charge in [0.05, 0.1) is 18.2 Å². The number of aliphatic hydroxyl groups is 1. The fourth-order valence-electron chi connectivity index (χ4n) is 2.08. The average molecular weight is 289 g/mol. The minimum Gasteiger partial charge on any atom is -0.451 e. The molecule has 0 heterocycles. The number of nitriles is 1. The maximum absolute atomic E-state index is 13.9. The average Bonchev–Trinajstić information content (AvgIpc) is 2.44. The number of hydrogen-bond donors (Lipinski definition) is 1. The summed E-state index contributed by atoms with van der Waals surface area (Å²) in [6, 6.07) is 7.21. The van der Waals surface area contributed by atoms with E-state index in [2.05, 4.69) is 0 Å². The van der Waals surface area contributed by atoms with Crippen LogP contribution < -0.4 is 4.74 Å². The molecule has 0 atom stereocenters. The van der Waals surface area contributed by atoms with Crippen LogP contribution in [0.25, 0.3) is 0 Å². The maximum atomic E-state index is 13.9. The molecule has 2 aromatic carbocycles. The van der Waals surface area contributed by atoms with E-state index in [9.17, 15) is 8.78 Å². The molecule has 2 aromatic rings. The molecule has 0 bridgehead atoms. The number of rotatable bonds is 3. The Morgan fingerprint density at radius 2 is 1.57 bits per heavy atom. The van der Waals surface area contributed by atoms with Crippen molar-refractivity contribution in [1.29, 1.82) is 5.26 Å². The molecule has 5 heteroatoms. The van der Waals surface area contributed by atoms with Gasteiger partial charge in [0.2, 0.25) is 0 Å². The minimum atomic E-state index is -0.887. The van der Waals surface area contributed by atoms with Crippen molar-refractivity contribution in [2.24, 2.45) is 0 Å². The van der Waals surface area contributed by atoms with Gasteiger partial charge in [0.25, 0.3) is 0 Å². The van der Waals surface area contributed by atoms with Crippen molar-refractivity contribution in [3.63, 3.8) is 0 Å². The Balaban J connectivity index is 2.47. The molecule has 0 saturated heterocycles. The van der Waals surface area contributed by atoms with Gasteiger partial charge in [0, 0.05) is 0 Å². The van der Waals surface area contributed by atoms with Crippen LogP contribution in [0.15, 0.2) is 24.3 Å². The number of benzene rings is 2. The summed E-state index contributed by atoms with van der Waals surface area (Å²) in [5.74, 6) is -1.99. The summed E-state index contributed by atoms with van der Waals surface area (Å²) in [4.78, 5) is 0. The number of ether oxygens (including phenoxy) is 1. The molecule has 2 rings (SSSR count). The zero-order valence-electron chi connectivity index (χ0n) is 11.6. The van der Waals surface area contributed by atoms with Crippen molar-refractivity contribution >= 4 is 0 Å². The lowest BCUT2D eigenvalue weighted by Crippen LogP contribution is -1.99. The van der Waals surface area contributed by atoms with Gasteiger partial charge < -0.3 is 9.84 Å². The number of aryl methyl sites for hydroxylation is 2. The zero-order chi connectivity index (χ0) is 15.6. The van der Waals surface area contributed by atoms with E-state index in [-0.39, 0.29) is 5.56 Å². The SMILES string of the molecule is Cc1cc(C#N)cc(C)c1Oc1c(F)cc(CO)cc1F. The molecule has 0 aromatic heterocycles. The van der Waals surface area contributed by atoms with Gasteiger partial charge >= 0.3 is 0 Å². The highest BCUT2D eigenvalue weighted by Gasteiger charge is 2.16. The second-order valence-corrected chi connectivity index (χ2v) is 4.70. The summed E-state index contributed by atoms with van der Waals surface area (Å²) < 4.78 is 33.1. The van der Waals surface area contributed by atoms with E-state index in [0.29, 0.717) is 22.4 Å². The van der Waals surface area contributed by atoms with E-state index in [0.717, 1.165) is 12.1 Å². The van der Waals surface area contributed by atoms with Crippen LogP contribution in [0, 0.1) is 36.8 Å². The summed E-state index contributed by atoms with van der Waals surface area (Å²) in [7, 11) is 0. The third-order valence-electron chi connectivity index (χ3n) is 3.03. The Kier molecular flexibility index (Phi) is 4.20. The molecule has 0 unspecified atom stereocenters. The van der Waals surface area contributed by atoms with Crippen LogP contribution in [0.3, 0.4) is 0 Å². The van der Waals surface area contributed by atoms with Gasteiger partial charge in [-0.25, -0.2) is 8.78 Å². The highest BCUT2D eigenvalue weighted by molar-refractivity contribution is 5.49. The number of halogens is 2. The Bertz CT molecular complexity index is 690. The standard InChI is InChI=1S/C16H13F2NO2/c1-9-3-11(7-19)4-10(2)15(9)21-16-13(17)5-12(8-20)6-14(16)18/h3-6,20H,8H2,1-2H3. The van der Waals surface area contributed by atoms with Crippen molar-refractivity contribution in [2.75, 3.05) is 0 Å². The topological polar surface area (TPSA) is 53.2 Å². The van der Waals surface area contributed by atoms with Crippen LogP contribution in [0.5, 0.6) is 11.5 Å². The van der Waals surface area contributed by atoms with Crippen molar-refractivity contribution in [3.05, 3.63) is 58.2 Å². The van der Waals surface area contributed by atoms with E-state index in [1.807, 2.05) is 6.07 Å². The molecule has 21 heavy (non-hydrogen) atoms. The van der Waals surface area contributed by atoms with Gasteiger partial charge in [-0.05, 0) is 54.8 Å². The van der Waals surface area contributed by atoms with E-state index < -0.39 is 24.0 Å². The predicted molar refractivity (Wildman–Crippen MR) is 73.0 cm³/mol. The largest absolute Gasteiger partial charge is 0.451 e. The Labute approximate surface area is 121 Å². The van der Waals surface area contributed by atoms with Gasteiger partial charge in [0.1, 0.15) is 5.75 Å². The summed E-state index contributed by atoms with van der Waals surface area (Å²) in [6.07, 6.45) is 0. The lowest BCUT2D eigenvalue weighted by Gasteiger charge is -2.14. The van der Waals surface area contributed by atoms with E-state index in [1.165, 1.54) is 0 Å². The van der Waals surface area contributed by atoms with Crippen LogP contribution in [0.4, 0.5) is 8.78 Å². The van der Waals surface area contributed by atoms with Crippen molar-refractivity contribution in [1.82, 2.24) is 0 Å². The third-order valence-corrected chi connectivity index (χ3v) is 3.03. The Morgan fingerprint density at radius 1 is 1.05 bits per heavy atom. The maximum Gasteiger partial charge on any atom is 0.198 e. The number of nitrogens with zero attached hydrogens (tertiary/aromatic N) is 1. The molecule has 0 aliphatic rings. The van der Waals surface area contributed by atoms with Crippen LogP contribution in [0.2, 0.25) is 0 Å². The number of aliphatic hydroxyl groups excluding tert-OH is 1. The van der Waals surface area contributed by atoms with Crippen LogP contribution >= 0.6 is 0 Å². The third kappa shape index (κ3) is 3.01. The molecular weight excluding hydrogens is 276 g/mol. The lowest BCUT2D eigenvalue weighted by molar-refractivity contribution is 0.279. The molecular formula is C16H13F2NO2. The molecule has 0 spiro atoms. The fraction of sp³-hybridized carbons (Fsp3) is 0.188. The second-order valence-electron chi connectivity index (χ2n) is 4.70. The molecule has 0 amide bonds. The zero-order valence-corrected chi connectivity index (χ0v) is 11.6. The monoisotopic (exact) mass is 289 g/mol. The smallest absolute Gasteiger partial charge is 0.198 e. The van der Waals surface area contributed by atoms with E-state index in [4.69, 9.17) is 15.1 Å². The molecule has 0 fully saturated rings. The molecule has 0 radical (unpaired) electrons. The van der Waals surface area contributed by atoms with Gasteiger partial charge in [-0.15, -0.1) is 0 Å². The molecule has 3 nitrogen and oxygen atoms in total. The van der Waals surface area contributed by atoms with Gasteiger partial charge in [-0.1, -0.05) is 0 Å². The molecule has 0 aliphatic carbocycles. The van der Waals surface area contributed by atoms with Crippen molar-refractivity contribution < 1.29 is 18.6 Å². The Morgan fingerprint density at radius 3 is 2.00 bits per heavy atom. The van der Waals surface area contributed by atoms with Crippen molar-refractivity contribution in [3.8, 4) is 17.6 Å². The highest BCUT2D eigenvalue weighted by atomic mass is 19.1. The first kappa shape index (κ1) is 14.9. The van der Waals surface area contributed by atoms with Crippen LogP contribution in [-0.4, -0.2) is 5.11 Å². The normalized spacial score (nSPS) is 10.3. The lowest BCUT2D eigenvalue weighted by atomic mass is 10.1. The first-order chi connectivity index (χ1) is 9.96. The van der Waals surface area contributed by atoms with Crippen LogP contribution in [0.1, 0.15) is 22.3 Å². The summed E-state index contributed by atoms with van der Waals surface area (Å²) >= 11 is 0. The predicted octanol–water partition coefficient (Wildman–Crippen LogP) is 3.74. The minimum absolute atomic E-state index is 0.130. The second kappa shape index (κ2) is 5.90. The summed E-state index contributed by atoms with van der Waals surface area (Å²) in [6.45, 7) is 2.94. The number of hydrogen-bond acceptors (Lipinski definition) is 3.